The first kappa shape index (κ1) is 11.8. The number of benzene rings is 1. The van der Waals surface area contributed by atoms with E-state index in [0.717, 1.165) is 30.2 Å². The molecule has 1 aliphatic rings. The van der Waals surface area contributed by atoms with Crippen molar-refractivity contribution in [3.63, 3.8) is 0 Å². The molecule has 1 aliphatic heterocycles. The highest BCUT2D eigenvalue weighted by molar-refractivity contribution is 5.44. The summed E-state index contributed by atoms with van der Waals surface area (Å²) in [4.78, 5) is 8.38. The molecule has 5 nitrogen and oxygen atoms in total. The highest BCUT2D eigenvalue weighted by Crippen LogP contribution is 2.30. The second kappa shape index (κ2) is 5.14. The number of hydrogen-bond acceptors (Lipinski definition) is 5. The van der Waals surface area contributed by atoms with Gasteiger partial charge in [0.1, 0.15) is 19.0 Å². The highest BCUT2D eigenvalue weighted by atomic mass is 16.6. The summed E-state index contributed by atoms with van der Waals surface area (Å²) in [5.41, 5.74) is 7.33. The Bertz CT molecular complexity index is 569. The quantitative estimate of drug-likeness (QED) is 0.904. The molecule has 0 saturated heterocycles. The molecule has 1 aromatic heterocycles. The van der Waals surface area contributed by atoms with Crippen molar-refractivity contribution in [2.45, 2.75) is 12.8 Å². The summed E-state index contributed by atoms with van der Waals surface area (Å²) in [5, 5.41) is 0. The first-order valence-corrected chi connectivity index (χ1v) is 6.26. The lowest BCUT2D eigenvalue weighted by Gasteiger charge is -2.18. The molecular formula is C14H15N3O2. The molecule has 0 spiro atoms. The van der Waals surface area contributed by atoms with Crippen molar-refractivity contribution in [3.8, 4) is 11.5 Å². The molecule has 0 saturated carbocycles. The number of aryl methyl sites for hydroxylation is 2. The van der Waals surface area contributed by atoms with Crippen molar-refractivity contribution < 1.29 is 9.47 Å². The SMILES string of the molecule is Nc1cnc(CCc2ccc3c(c2)OCCO3)nc1. The van der Waals surface area contributed by atoms with Gasteiger partial charge in [-0.3, -0.25) is 0 Å². The van der Waals surface area contributed by atoms with Crippen LogP contribution >= 0.6 is 0 Å². The Labute approximate surface area is 111 Å². The predicted molar refractivity (Wildman–Crippen MR) is 71.3 cm³/mol. The van der Waals surface area contributed by atoms with Gasteiger partial charge in [0, 0.05) is 6.42 Å². The Morgan fingerprint density at radius 3 is 2.53 bits per heavy atom. The van der Waals surface area contributed by atoms with E-state index in [1.165, 1.54) is 5.56 Å². The third kappa shape index (κ3) is 2.76. The van der Waals surface area contributed by atoms with Gasteiger partial charge >= 0.3 is 0 Å². The number of nitrogen functional groups attached to an aromatic ring is 1. The molecule has 2 aromatic rings. The minimum atomic E-state index is 0.586. The fraction of sp³-hybridized carbons (Fsp3) is 0.286. The van der Waals surface area contributed by atoms with Crippen LogP contribution in [0.3, 0.4) is 0 Å². The molecule has 19 heavy (non-hydrogen) atoms. The van der Waals surface area contributed by atoms with Gasteiger partial charge in [0.25, 0.3) is 0 Å². The zero-order chi connectivity index (χ0) is 13.1. The van der Waals surface area contributed by atoms with E-state index in [-0.39, 0.29) is 0 Å². The summed E-state index contributed by atoms with van der Waals surface area (Å²) < 4.78 is 11.0. The average molecular weight is 257 g/mol. The molecule has 0 amide bonds. The number of nitrogens with zero attached hydrogens (tertiary/aromatic N) is 2. The van der Waals surface area contributed by atoms with Crippen LogP contribution in [-0.4, -0.2) is 23.2 Å². The van der Waals surface area contributed by atoms with Crippen LogP contribution < -0.4 is 15.2 Å². The highest BCUT2D eigenvalue weighted by Gasteiger charge is 2.11. The van der Waals surface area contributed by atoms with Gasteiger partial charge in [0.05, 0.1) is 18.1 Å². The molecule has 0 bridgehead atoms. The van der Waals surface area contributed by atoms with Crippen molar-refractivity contribution in [2.75, 3.05) is 18.9 Å². The van der Waals surface area contributed by atoms with E-state index in [1.807, 2.05) is 18.2 Å². The molecule has 2 N–H and O–H groups in total. The minimum absolute atomic E-state index is 0.586. The van der Waals surface area contributed by atoms with E-state index >= 15 is 0 Å². The zero-order valence-corrected chi connectivity index (χ0v) is 10.5. The van der Waals surface area contributed by atoms with Crippen LogP contribution in [-0.2, 0) is 12.8 Å². The van der Waals surface area contributed by atoms with Crippen molar-refractivity contribution >= 4 is 5.69 Å². The molecule has 0 atom stereocenters. The largest absolute Gasteiger partial charge is 0.486 e. The van der Waals surface area contributed by atoms with Gasteiger partial charge in [0.15, 0.2) is 11.5 Å². The lowest BCUT2D eigenvalue weighted by molar-refractivity contribution is 0.171. The maximum absolute atomic E-state index is 5.56. The molecule has 3 rings (SSSR count). The second-order valence-electron chi connectivity index (χ2n) is 4.41. The smallest absolute Gasteiger partial charge is 0.161 e. The molecular weight excluding hydrogens is 242 g/mol. The Balaban J connectivity index is 1.68. The fourth-order valence-corrected chi connectivity index (χ4v) is 1.99. The van der Waals surface area contributed by atoms with Gasteiger partial charge in [-0.1, -0.05) is 6.07 Å². The summed E-state index contributed by atoms with van der Waals surface area (Å²) in [6.07, 6.45) is 4.90. The van der Waals surface area contributed by atoms with Gasteiger partial charge in [-0.25, -0.2) is 9.97 Å². The lowest BCUT2D eigenvalue weighted by atomic mass is 10.1. The van der Waals surface area contributed by atoms with E-state index in [1.54, 1.807) is 12.4 Å². The standard InChI is InChI=1S/C14H15N3O2/c15-11-8-16-14(17-9-11)4-2-10-1-3-12-13(7-10)19-6-5-18-12/h1,3,7-9H,2,4-6,15H2. The first-order chi connectivity index (χ1) is 9.31. The number of anilines is 1. The molecule has 5 heteroatoms. The Hall–Kier alpha value is -2.30. The normalized spacial score (nSPS) is 13.3. The summed E-state index contributed by atoms with van der Waals surface area (Å²) in [6.45, 7) is 1.23. The first-order valence-electron chi connectivity index (χ1n) is 6.26. The van der Waals surface area contributed by atoms with Crippen molar-refractivity contribution in [1.82, 2.24) is 9.97 Å². The van der Waals surface area contributed by atoms with Crippen LogP contribution in [0.4, 0.5) is 5.69 Å². The maximum Gasteiger partial charge on any atom is 0.161 e. The number of hydrogen-bond donors (Lipinski definition) is 1. The van der Waals surface area contributed by atoms with Gasteiger partial charge in [-0.2, -0.15) is 0 Å². The maximum atomic E-state index is 5.56. The monoisotopic (exact) mass is 257 g/mol. The Morgan fingerprint density at radius 1 is 1.00 bits per heavy atom. The second-order valence-corrected chi connectivity index (χ2v) is 4.41. The zero-order valence-electron chi connectivity index (χ0n) is 10.5. The van der Waals surface area contributed by atoms with Gasteiger partial charge < -0.3 is 15.2 Å². The van der Waals surface area contributed by atoms with E-state index < -0.39 is 0 Å². The molecule has 0 aliphatic carbocycles. The van der Waals surface area contributed by atoms with Crippen molar-refractivity contribution in [2.24, 2.45) is 0 Å². The van der Waals surface area contributed by atoms with Crippen LogP contribution in [0.5, 0.6) is 11.5 Å². The van der Waals surface area contributed by atoms with Crippen LogP contribution in [0.15, 0.2) is 30.6 Å². The van der Waals surface area contributed by atoms with Crippen molar-refractivity contribution in [1.29, 1.82) is 0 Å². The minimum Gasteiger partial charge on any atom is -0.486 e. The number of rotatable bonds is 3. The number of ether oxygens (including phenoxy) is 2. The summed E-state index contributed by atoms with van der Waals surface area (Å²) in [6, 6.07) is 6.02. The number of nitrogens with two attached hydrogens (primary N) is 1. The van der Waals surface area contributed by atoms with Crippen LogP contribution in [0.2, 0.25) is 0 Å². The number of fused-ring (bicyclic) bond motifs is 1. The van der Waals surface area contributed by atoms with Gasteiger partial charge in [-0.15, -0.1) is 0 Å². The summed E-state index contributed by atoms with van der Waals surface area (Å²) in [7, 11) is 0. The van der Waals surface area contributed by atoms with E-state index in [0.29, 0.717) is 18.9 Å². The Morgan fingerprint density at radius 2 is 1.74 bits per heavy atom. The topological polar surface area (TPSA) is 70.3 Å². The average Bonchev–Trinajstić information content (AvgIpc) is 2.46. The van der Waals surface area contributed by atoms with Gasteiger partial charge in [0.2, 0.25) is 0 Å². The van der Waals surface area contributed by atoms with E-state index in [4.69, 9.17) is 15.2 Å². The van der Waals surface area contributed by atoms with Crippen LogP contribution in [0.1, 0.15) is 11.4 Å². The molecule has 0 radical (unpaired) electrons. The summed E-state index contributed by atoms with van der Waals surface area (Å²) >= 11 is 0. The van der Waals surface area contributed by atoms with Crippen molar-refractivity contribution in [3.05, 3.63) is 42.0 Å². The molecule has 0 unspecified atom stereocenters. The van der Waals surface area contributed by atoms with E-state index in [9.17, 15) is 0 Å². The van der Waals surface area contributed by atoms with E-state index in [2.05, 4.69) is 9.97 Å². The third-order valence-corrected chi connectivity index (χ3v) is 2.97. The third-order valence-electron chi connectivity index (χ3n) is 2.97. The van der Waals surface area contributed by atoms with Gasteiger partial charge in [-0.05, 0) is 24.1 Å². The molecule has 98 valence electrons. The molecule has 2 heterocycles. The molecule has 0 fully saturated rings. The number of aromatic nitrogens is 2. The van der Waals surface area contributed by atoms with Crippen LogP contribution in [0, 0.1) is 0 Å². The summed E-state index contributed by atoms with van der Waals surface area (Å²) in [5.74, 6) is 2.43. The Kier molecular flexibility index (Phi) is 3.18. The lowest BCUT2D eigenvalue weighted by Crippen LogP contribution is -2.15. The van der Waals surface area contributed by atoms with Crippen LogP contribution in [0.25, 0.3) is 0 Å². The predicted octanol–water partition coefficient (Wildman–Crippen LogP) is 1.62. The molecule has 1 aromatic carbocycles. The fourth-order valence-electron chi connectivity index (χ4n) is 1.99.